The third kappa shape index (κ3) is 3.83. The maximum Gasteiger partial charge on any atom is 0.308 e. The number of carboxylic acid groups (broad SMARTS) is 1. The fraction of sp³-hybridized carbons (Fsp3) is 0.476. The Balaban J connectivity index is 1.42. The lowest BCUT2D eigenvalue weighted by Crippen LogP contribution is -2.48. The molecule has 2 aliphatic heterocycles. The van der Waals surface area contributed by atoms with E-state index in [1.165, 1.54) is 17.4 Å². The van der Waals surface area contributed by atoms with Crippen LogP contribution in [0.25, 0.3) is 0 Å². The van der Waals surface area contributed by atoms with Gasteiger partial charge in [0.15, 0.2) is 5.13 Å². The molecule has 7 heteroatoms. The van der Waals surface area contributed by atoms with E-state index in [4.69, 9.17) is 4.74 Å². The average molecular weight is 407 g/mol. The number of piperidine rings is 1. The summed E-state index contributed by atoms with van der Waals surface area (Å²) >= 11 is 1.17. The van der Waals surface area contributed by atoms with Crippen LogP contribution in [0.4, 0.5) is 8.78 Å². The summed E-state index contributed by atoms with van der Waals surface area (Å²) in [5.41, 5.74) is 1.03. The number of carbonyl (C=O) groups is 1. The molecule has 4 nitrogen and oxygen atoms in total. The summed E-state index contributed by atoms with van der Waals surface area (Å²) in [5, 5.41) is 9.44. The first-order valence-electron chi connectivity index (χ1n) is 9.58. The molecular formula is C21H23F2NO3S. The minimum atomic E-state index is -0.917. The highest BCUT2D eigenvalue weighted by Gasteiger charge is 2.43. The summed E-state index contributed by atoms with van der Waals surface area (Å²) in [6.07, 6.45) is 2.34. The van der Waals surface area contributed by atoms with Gasteiger partial charge in [0.25, 0.3) is 0 Å². The van der Waals surface area contributed by atoms with Crippen molar-refractivity contribution in [3.8, 4) is 0 Å². The molecule has 1 aromatic carbocycles. The van der Waals surface area contributed by atoms with Crippen LogP contribution < -0.4 is 0 Å². The molecule has 0 amide bonds. The Morgan fingerprint density at radius 2 is 2.04 bits per heavy atom. The van der Waals surface area contributed by atoms with Crippen LogP contribution in [0.3, 0.4) is 0 Å². The standard InChI is InChI=1S/C21H23F2NO3S/c22-17-4-2-1-3-14(17)11-16(20(25)26)13-24-8-6-21(7-9-24)19-15(5-10-27-21)12-18(23)28-19/h1-4,12,16H,5-11,13H2,(H,25,26). The van der Waals surface area contributed by atoms with Gasteiger partial charge in [0.1, 0.15) is 11.4 Å². The number of halogens is 2. The molecule has 28 heavy (non-hydrogen) atoms. The highest BCUT2D eigenvalue weighted by atomic mass is 32.1. The Bertz CT molecular complexity index is 861. The molecule has 1 atom stereocenters. The van der Waals surface area contributed by atoms with E-state index in [1.54, 1.807) is 24.3 Å². The molecule has 0 aliphatic carbocycles. The number of aliphatic carboxylic acids is 1. The normalized spacial score (nSPS) is 20.1. The van der Waals surface area contributed by atoms with Gasteiger partial charge in [0.05, 0.1) is 12.5 Å². The number of hydrogen-bond donors (Lipinski definition) is 1. The number of fused-ring (bicyclic) bond motifs is 2. The van der Waals surface area contributed by atoms with Crippen molar-refractivity contribution in [3.63, 3.8) is 0 Å². The van der Waals surface area contributed by atoms with Gasteiger partial charge in [0.2, 0.25) is 0 Å². The van der Waals surface area contributed by atoms with Crippen LogP contribution in [0.1, 0.15) is 28.8 Å². The van der Waals surface area contributed by atoms with Crippen molar-refractivity contribution in [2.24, 2.45) is 5.92 Å². The molecule has 1 saturated heterocycles. The first-order chi connectivity index (χ1) is 13.5. The molecule has 4 rings (SSSR count). The van der Waals surface area contributed by atoms with Crippen LogP contribution in [-0.4, -0.2) is 42.2 Å². The van der Waals surface area contributed by atoms with Gasteiger partial charge in [-0.05, 0) is 48.9 Å². The monoisotopic (exact) mass is 407 g/mol. The molecule has 1 fully saturated rings. The van der Waals surface area contributed by atoms with E-state index in [0.717, 1.165) is 16.9 Å². The minimum absolute atomic E-state index is 0.167. The lowest BCUT2D eigenvalue weighted by Gasteiger charge is -2.44. The van der Waals surface area contributed by atoms with Crippen LogP contribution in [0.15, 0.2) is 30.3 Å². The molecular weight excluding hydrogens is 384 g/mol. The third-order valence-electron chi connectivity index (χ3n) is 5.86. The molecule has 0 radical (unpaired) electrons. The van der Waals surface area contributed by atoms with Crippen molar-refractivity contribution in [2.75, 3.05) is 26.2 Å². The van der Waals surface area contributed by atoms with Crippen molar-refractivity contribution >= 4 is 17.3 Å². The lowest BCUT2D eigenvalue weighted by atomic mass is 9.85. The van der Waals surface area contributed by atoms with Crippen molar-refractivity contribution < 1.29 is 23.4 Å². The van der Waals surface area contributed by atoms with Gasteiger partial charge in [-0.15, -0.1) is 11.3 Å². The van der Waals surface area contributed by atoms with Crippen LogP contribution >= 0.6 is 11.3 Å². The van der Waals surface area contributed by atoms with Crippen molar-refractivity contribution in [3.05, 3.63) is 57.3 Å². The van der Waals surface area contributed by atoms with Gasteiger partial charge in [-0.3, -0.25) is 4.79 Å². The molecule has 1 spiro atoms. The Morgan fingerprint density at radius 1 is 1.29 bits per heavy atom. The Hall–Kier alpha value is -1.83. The summed E-state index contributed by atoms with van der Waals surface area (Å²) in [4.78, 5) is 14.8. The highest BCUT2D eigenvalue weighted by molar-refractivity contribution is 7.10. The Labute approximate surface area is 166 Å². The Morgan fingerprint density at radius 3 is 2.75 bits per heavy atom. The zero-order valence-electron chi connectivity index (χ0n) is 15.5. The van der Waals surface area contributed by atoms with E-state index in [2.05, 4.69) is 4.90 Å². The van der Waals surface area contributed by atoms with E-state index in [0.29, 0.717) is 44.6 Å². The quantitative estimate of drug-likeness (QED) is 0.818. The van der Waals surface area contributed by atoms with E-state index >= 15 is 0 Å². The molecule has 3 heterocycles. The number of nitrogens with zero attached hydrogens (tertiary/aromatic N) is 1. The fourth-order valence-corrected chi connectivity index (χ4v) is 5.46. The second-order valence-electron chi connectivity index (χ2n) is 7.63. The summed E-state index contributed by atoms with van der Waals surface area (Å²) in [6, 6.07) is 7.94. The predicted octanol–water partition coefficient (Wildman–Crippen LogP) is 3.83. The smallest absolute Gasteiger partial charge is 0.308 e. The molecule has 0 bridgehead atoms. The number of rotatable bonds is 5. The summed E-state index contributed by atoms with van der Waals surface area (Å²) < 4.78 is 33.8. The first kappa shape index (κ1) is 19.5. The van der Waals surface area contributed by atoms with Gasteiger partial charge in [0, 0.05) is 24.5 Å². The minimum Gasteiger partial charge on any atom is -0.481 e. The van der Waals surface area contributed by atoms with Crippen LogP contribution in [-0.2, 0) is 28.0 Å². The summed E-state index contributed by atoms with van der Waals surface area (Å²) in [6.45, 7) is 2.32. The van der Waals surface area contributed by atoms with Crippen molar-refractivity contribution in [1.29, 1.82) is 0 Å². The second-order valence-corrected chi connectivity index (χ2v) is 8.63. The number of hydrogen-bond acceptors (Lipinski definition) is 4. The van der Waals surface area contributed by atoms with Gasteiger partial charge in [-0.2, -0.15) is 4.39 Å². The van der Waals surface area contributed by atoms with Crippen LogP contribution in [0.5, 0.6) is 0 Å². The second kappa shape index (κ2) is 7.89. The van der Waals surface area contributed by atoms with E-state index in [1.807, 2.05) is 0 Å². The number of ether oxygens (including phenoxy) is 1. The molecule has 1 unspecified atom stereocenters. The zero-order valence-corrected chi connectivity index (χ0v) is 16.3. The number of benzene rings is 1. The van der Waals surface area contributed by atoms with Crippen molar-refractivity contribution in [2.45, 2.75) is 31.3 Å². The summed E-state index contributed by atoms with van der Waals surface area (Å²) in [7, 11) is 0. The number of thiophene rings is 1. The first-order valence-corrected chi connectivity index (χ1v) is 10.4. The molecule has 150 valence electrons. The van der Waals surface area contributed by atoms with E-state index in [-0.39, 0.29) is 17.4 Å². The maximum atomic E-state index is 13.9. The maximum absolute atomic E-state index is 13.9. The lowest BCUT2D eigenvalue weighted by molar-refractivity contribution is -0.143. The predicted molar refractivity (Wildman–Crippen MR) is 103 cm³/mol. The highest BCUT2D eigenvalue weighted by Crippen LogP contribution is 2.45. The SMILES string of the molecule is O=C(O)C(Cc1ccccc1F)CN1CCC2(CC1)OCCc1cc(F)sc12. The van der Waals surface area contributed by atoms with E-state index in [9.17, 15) is 18.7 Å². The van der Waals surface area contributed by atoms with E-state index < -0.39 is 17.5 Å². The molecule has 1 N–H and O–H groups in total. The number of likely N-dealkylation sites (tertiary alicyclic amines) is 1. The Kier molecular flexibility index (Phi) is 5.49. The van der Waals surface area contributed by atoms with Crippen molar-refractivity contribution in [1.82, 2.24) is 4.90 Å². The molecule has 2 aliphatic rings. The van der Waals surface area contributed by atoms with Gasteiger partial charge in [-0.1, -0.05) is 18.2 Å². The van der Waals surface area contributed by atoms with Gasteiger partial charge < -0.3 is 14.7 Å². The largest absolute Gasteiger partial charge is 0.481 e. The zero-order chi connectivity index (χ0) is 19.7. The van der Waals surface area contributed by atoms with Crippen LogP contribution in [0.2, 0.25) is 0 Å². The fourth-order valence-electron chi connectivity index (χ4n) is 4.33. The van der Waals surface area contributed by atoms with Crippen LogP contribution in [0, 0.1) is 16.9 Å². The molecule has 2 aromatic rings. The molecule has 0 saturated carbocycles. The third-order valence-corrected chi connectivity index (χ3v) is 7.01. The molecule has 1 aromatic heterocycles. The summed E-state index contributed by atoms with van der Waals surface area (Å²) in [5.74, 6) is -1.96. The average Bonchev–Trinajstić information content (AvgIpc) is 3.06. The van der Waals surface area contributed by atoms with Gasteiger partial charge in [-0.25, -0.2) is 4.39 Å². The van der Waals surface area contributed by atoms with Gasteiger partial charge >= 0.3 is 5.97 Å². The number of carboxylic acids is 1. The topological polar surface area (TPSA) is 49.8 Å².